The van der Waals surface area contributed by atoms with E-state index in [0.29, 0.717) is 18.1 Å². The van der Waals surface area contributed by atoms with Crippen molar-refractivity contribution in [1.82, 2.24) is 30.0 Å². The van der Waals surface area contributed by atoms with Gasteiger partial charge in [-0.05, 0) is 56.0 Å². The summed E-state index contributed by atoms with van der Waals surface area (Å²) in [6.45, 7) is 2.11. The van der Waals surface area contributed by atoms with E-state index in [1.54, 1.807) is 17.3 Å². The average Bonchev–Trinajstić information content (AvgIpc) is 3.50. The van der Waals surface area contributed by atoms with Gasteiger partial charge in [0.1, 0.15) is 12.7 Å². The van der Waals surface area contributed by atoms with E-state index in [0.717, 1.165) is 42.4 Å². The molecule has 3 heterocycles. The van der Waals surface area contributed by atoms with Crippen LogP contribution in [-0.4, -0.2) is 55.9 Å². The summed E-state index contributed by atoms with van der Waals surface area (Å²) in [5.74, 6) is 0.720. The molecule has 2 aromatic carbocycles. The normalized spacial score (nSPS) is 22.1. The third kappa shape index (κ3) is 5.64. The number of piperidine rings is 1. The largest absolute Gasteiger partial charge is 0.370 e. The second-order valence-electron chi connectivity index (χ2n) is 10.1. The molecule has 1 saturated carbocycles. The van der Waals surface area contributed by atoms with Crippen LogP contribution >= 0.6 is 0 Å². The Kier molecular flexibility index (Phi) is 7.07. The van der Waals surface area contributed by atoms with Crippen molar-refractivity contribution in [3.8, 4) is 16.9 Å². The van der Waals surface area contributed by atoms with Gasteiger partial charge >= 0.3 is 0 Å². The van der Waals surface area contributed by atoms with Crippen LogP contribution in [0.5, 0.6) is 0 Å². The zero-order valence-corrected chi connectivity index (χ0v) is 21.1. The summed E-state index contributed by atoms with van der Waals surface area (Å²) in [4.78, 5) is 15.9. The van der Waals surface area contributed by atoms with E-state index in [1.165, 1.54) is 37.8 Å². The number of nitrogens with zero attached hydrogens (tertiary/aromatic N) is 6. The van der Waals surface area contributed by atoms with E-state index in [2.05, 4.69) is 67.0 Å². The highest BCUT2D eigenvalue weighted by atomic mass is 15.3. The molecule has 1 aliphatic heterocycles. The second-order valence-corrected chi connectivity index (χ2v) is 10.1. The first-order valence-corrected chi connectivity index (χ1v) is 13.4. The molecular formula is C29H34N8. The van der Waals surface area contributed by atoms with Gasteiger partial charge in [0.2, 0.25) is 5.95 Å². The quantitative estimate of drug-likeness (QED) is 0.385. The molecule has 1 saturated heterocycles. The molecule has 2 N–H and O–H groups in total. The first-order valence-electron chi connectivity index (χ1n) is 13.4. The zero-order chi connectivity index (χ0) is 24.9. The summed E-state index contributed by atoms with van der Waals surface area (Å²) in [7, 11) is 0. The molecule has 2 fully saturated rings. The Labute approximate surface area is 218 Å². The van der Waals surface area contributed by atoms with Crippen molar-refractivity contribution < 1.29 is 0 Å². The fourth-order valence-corrected chi connectivity index (χ4v) is 5.68. The summed E-state index contributed by atoms with van der Waals surface area (Å²) < 4.78 is 1.79. The average molecular weight is 495 g/mol. The molecule has 37 heavy (non-hydrogen) atoms. The molecular weight excluding hydrogens is 460 g/mol. The van der Waals surface area contributed by atoms with Crippen LogP contribution in [0.25, 0.3) is 16.9 Å². The Balaban J connectivity index is 1.10. The van der Waals surface area contributed by atoms with Crippen LogP contribution in [0.3, 0.4) is 0 Å². The standard InChI is InChI=1S/C29H34N8/c1-2-7-22(8-3-1)26-16-17-31-29(34-26)35-28-11-5-4-10-27(28)33-23-9-6-18-36(19-23)24-12-14-25(15-13-24)37-21-30-20-32-37/h1-3,7-8,12-17,20-21,23,27-28,33H,4-6,9-11,18-19H2,(H,31,34,35)/t23-,27+,28+/m0/s1. The lowest BCUT2D eigenvalue weighted by atomic mass is 9.89. The molecule has 1 aliphatic carbocycles. The van der Waals surface area contributed by atoms with Crippen LogP contribution < -0.4 is 15.5 Å². The second kappa shape index (κ2) is 11.1. The molecule has 8 nitrogen and oxygen atoms in total. The predicted molar refractivity (Wildman–Crippen MR) is 147 cm³/mol. The summed E-state index contributed by atoms with van der Waals surface area (Å²) in [6.07, 6.45) is 12.4. The van der Waals surface area contributed by atoms with Crippen LogP contribution in [0.1, 0.15) is 38.5 Å². The minimum atomic E-state index is 0.331. The summed E-state index contributed by atoms with van der Waals surface area (Å²) in [5, 5.41) is 11.9. The van der Waals surface area contributed by atoms with Crippen molar-refractivity contribution in [1.29, 1.82) is 0 Å². The van der Waals surface area contributed by atoms with Crippen molar-refractivity contribution >= 4 is 11.6 Å². The molecule has 0 radical (unpaired) electrons. The number of anilines is 2. The third-order valence-corrected chi connectivity index (χ3v) is 7.57. The van der Waals surface area contributed by atoms with Crippen molar-refractivity contribution in [2.45, 2.75) is 56.7 Å². The number of hydrogen-bond acceptors (Lipinski definition) is 7. The van der Waals surface area contributed by atoms with Crippen LogP contribution in [-0.2, 0) is 0 Å². The maximum atomic E-state index is 4.83. The molecule has 0 spiro atoms. The van der Waals surface area contributed by atoms with Crippen molar-refractivity contribution in [3.05, 3.63) is 79.5 Å². The smallest absolute Gasteiger partial charge is 0.223 e. The number of aromatic nitrogens is 5. The van der Waals surface area contributed by atoms with E-state index in [9.17, 15) is 0 Å². The Hall–Kier alpha value is -3.78. The fraction of sp³-hybridized carbons (Fsp3) is 0.379. The lowest BCUT2D eigenvalue weighted by molar-refractivity contribution is 0.293. The molecule has 3 atom stereocenters. The first kappa shape index (κ1) is 23.6. The molecule has 6 rings (SSSR count). The number of rotatable bonds is 7. The highest BCUT2D eigenvalue weighted by molar-refractivity contribution is 5.59. The molecule has 2 aliphatic rings. The van der Waals surface area contributed by atoms with E-state index >= 15 is 0 Å². The van der Waals surface area contributed by atoms with Crippen molar-refractivity contribution in [2.24, 2.45) is 0 Å². The molecule has 190 valence electrons. The van der Waals surface area contributed by atoms with Gasteiger partial charge in [-0.1, -0.05) is 43.2 Å². The Morgan fingerprint density at radius 1 is 0.811 bits per heavy atom. The zero-order valence-electron chi connectivity index (χ0n) is 21.1. The molecule has 0 bridgehead atoms. The van der Waals surface area contributed by atoms with Gasteiger partial charge < -0.3 is 15.5 Å². The minimum absolute atomic E-state index is 0.331. The highest BCUT2D eigenvalue weighted by Gasteiger charge is 2.29. The maximum Gasteiger partial charge on any atom is 0.223 e. The Morgan fingerprint density at radius 2 is 1.62 bits per heavy atom. The molecule has 4 aromatic rings. The van der Waals surface area contributed by atoms with Gasteiger partial charge in [-0.25, -0.2) is 19.6 Å². The fourth-order valence-electron chi connectivity index (χ4n) is 5.68. The summed E-state index contributed by atoms with van der Waals surface area (Å²) in [6, 6.07) is 22.1. The monoisotopic (exact) mass is 494 g/mol. The Morgan fingerprint density at radius 3 is 2.43 bits per heavy atom. The van der Waals surface area contributed by atoms with E-state index < -0.39 is 0 Å². The van der Waals surface area contributed by atoms with Crippen molar-refractivity contribution in [2.75, 3.05) is 23.3 Å². The molecule has 8 heteroatoms. The van der Waals surface area contributed by atoms with Gasteiger partial charge in [0.05, 0.1) is 11.4 Å². The maximum absolute atomic E-state index is 4.83. The van der Waals surface area contributed by atoms with Crippen LogP contribution in [0.4, 0.5) is 11.6 Å². The van der Waals surface area contributed by atoms with Crippen LogP contribution in [0.2, 0.25) is 0 Å². The van der Waals surface area contributed by atoms with Gasteiger partial charge in [0, 0.05) is 48.7 Å². The molecule has 0 unspecified atom stereocenters. The lowest BCUT2D eigenvalue weighted by Gasteiger charge is -2.40. The summed E-state index contributed by atoms with van der Waals surface area (Å²) in [5.41, 5.74) is 4.36. The Bertz CT molecular complexity index is 1260. The number of nitrogens with one attached hydrogen (secondary N) is 2. The molecule has 2 aromatic heterocycles. The highest BCUT2D eigenvalue weighted by Crippen LogP contribution is 2.26. The van der Waals surface area contributed by atoms with E-state index in [1.807, 2.05) is 30.5 Å². The summed E-state index contributed by atoms with van der Waals surface area (Å²) >= 11 is 0. The van der Waals surface area contributed by atoms with Gasteiger partial charge in [-0.3, -0.25) is 0 Å². The van der Waals surface area contributed by atoms with Crippen molar-refractivity contribution in [3.63, 3.8) is 0 Å². The predicted octanol–water partition coefficient (Wildman–Crippen LogP) is 4.71. The minimum Gasteiger partial charge on any atom is -0.370 e. The lowest BCUT2D eigenvalue weighted by Crippen LogP contribution is -2.55. The van der Waals surface area contributed by atoms with Crippen LogP contribution in [0.15, 0.2) is 79.5 Å². The SMILES string of the molecule is c1ccc(-c2ccnc(N[C@@H]3CCCC[C@H]3N[C@H]3CCCN(c4ccc(-n5cncn5)cc4)C3)n2)cc1. The van der Waals surface area contributed by atoms with Gasteiger partial charge in [0.15, 0.2) is 0 Å². The topological polar surface area (TPSA) is 83.8 Å². The third-order valence-electron chi connectivity index (χ3n) is 7.57. The number of benzene rings is 2. The van der Waals surface area contributed by atoms with Crippen LogP contribution in [0, 0.1) is 0 Å². The van der Waals surface area contributed by atoms with E-state index in [-0.39, 0.29) is 0 Å². The molecule has 0 amide bonds. The van der Waals surface area contributed by atoms with E-state index in [4.69, 9.17) is 4.98 Å². The first-order chi connectivity index (χ1) is 18.3. The number of hydrogen-bond donors (Lipinski definition) is 2. The van der Waals surface area contributed by atoms with Gasteiger partial charge in [0.25, 0.3) is 0 Å². The van der Waals surface area contributed by atoms with Gasteiger partial charge in [-0.15, -0.1) is 0 Å². The van der Waals surface area contributed by atoms with Gasteiger partial charge in [-0.2, -0.15) is 5.10 Å².